The summed E-state index contributed by atoms with van der Waals surface area (Å²) in [6.45, 7) is 6.76. The number of carbonyl (C=O) groups is 1. The van der Waals surface area contributed by atoms with Crippen LogP contribution in [0.4, 0.5) is 0 Å². The first-order valence-electron chi connectivity index (χ1n) is 10.2. The number of aliphatic hydroxyl groups excluding tert-OH is 1. The van der Waals surface area contributed by atoms with Gasteiger partial charge in [-0.25, -0.2) is 9.90 Å². The molecule has 1 atom stereocenters. The summed E-state index contributed by atoms with van der Waals surface area (Å²) in [5.74, 6) is -0.891. The molecule has 1 aromatic rings. The Bertz CT molecular complexity index is 811. The summed E-state index contributed by atoms with van der Waals surface area (Å²) in [4.78, 5) is 19.4. The lowest BCUT2D eigenvalue weighted by molar-refractivity contribution is -0.294. The molecule has 7 heteroatoms. The van der Waals surface area contributed by atoms with E-state index in [-0.39, 0.29) is 11.7 Å². The number of ether oxygens (including phenoxy) is 3. The topological polar surface area (TPSA) is 77.5 Å². The normalized spacial score (nSPS) is 24.1. The Balaban J connectivity index is 1.77. The highest BCUT2D eigenvalue weighted by atomic mass is 16.8. The van der Waals surface area contributed by atoms with Gasteiger partial charge in [0.25, 0.3) is 5.91 Å². The average molecular weight is 403 g/mol. The molecule has 2 spiro atoms. The second-order valence-corrected chi connectivity index (χ2v) is 8.14. The molecule has 1 aliphatic carbocycles. The fourth-order valence-electron chi connectivity index (χ4n) is 4.77. The third-order valence-electron chi connectivity index (χ3n) is 6.43. The van der Waals surface area contributed by atoms with E-state index >= 15 is 0 Å². The molecule has 2 fully saturated rings. The lowest BCUT2D eigenvalue weighted by Gasteiger charge is -2.45. The molecule has 2 heterocycles. The molecule has 7 nitrogen and oxygen atoms in total. The van der Waals surface area contributed by atoms with Crippen molar-refractivity contribution in [2.24, 2.45) is 0 Å². The number of amides is 1. The third kappa shape index (κ3) is 3.17. The first kappa shape index (κ1) is 20.3. The van der Waals surface area contributed by atoms with Gasteiger partial charge in [0.05, 0.1) is 18.8 Å². The van der Waals surface area contributed by atoms with Gasteiger partial charge in [0.15, 0.2) is 12.1 Å². The quantitative estimate of drug-likeness (QED) is 0.777. The SMILES string of the molecule is COC(C)ON1C(=O)C(c2c(C)cccc2C)=C(O)C12CCC1(CC2)OCCO1. The van der Waals surface area contributed by atoms with E-state index in [1.807, 2.05) is 32.0 Å². The molecular formula is C22H29NO6. The number of aryl methyl sites for hydroxylation is 2. The zero-order valence-corrected chi connectivity index (χ0v) is 17.5. The average Bonchev–Trinajstić information content (AvgIpc) is 3.23. The van der Waals surface area contributed by atoms with Gasteiger partial charge in [-0.2, -0.15) is 0 Å². The van der Waals surface area contributed by atoms with Crippen molar-refractivity contribution >= 4 is 11.5 Å². The summed E-state index contributed by atoms with van der Waals surface area (Å²) < 4.78 is 16.9. The Labute approximate surface area is 171 Å². The van der Waals surface area contributed by atoms with Gasteiger partial charge >= 0.3 is 0 Å². The van der Waals surface area contributed by atoms with E-state index < -0.39 is 17.6 Å². The van der Waals surface area contributed by atoms with Crippen LogP contribution in [0.2, 0.25) is 0 Å². The number of hydrogen-bond acceptors (Lipinski definition) is 6. The molecule has 1 saturated heterocycles. The molecule has 1 unspecified atom stereocenters. The molecule has 1 amide bonds. The van der Waals surface area contributed by atoms with Gasteiger partial charge in [-0.15, -0.1) is 0 Å². The molecule has 1 saturated carbocycles. The van der Waals surface area contributed by atoms with E-state index in [0.29, 0.717) is 44.5 Å². The number of methoxy groups -OCH3 is 1. The van der Waals surface area contributed by atoms with Crippen molar-refractivity contribution in [3.05, 3.63) is 40.6 Å². The van der Waals surface area contributed by atoms with E-state index in [2.05, 4.69) is 0 Å². The summed E-state index contributed by atoms with van der Waals surface area (Å²) in [6.07, 6.45) is 1.48. The number of carbonyl (C=O) groups excluding carboxylic acids is 1. The smallest absolute Gasteiger partial charge is 0.282 e. The minimum Gasteiger partial charge on any atom is -0.509 e. The zero-order valence-electron chi connectivity index (χ0n) is 17.5. The minimum absolute atomic E-state index is 0.0658. The van der Waals surface area contributed by atoms with Crippen LogP contribution in [0.3, 0.4) is 0 Å². The second kappa shape index (κ2) is 7.40. The predicted octanol–water partition coefficient (Wildman–Crippen LogP) is 3.39. The minimum atomic E-state index is -0.950. The molecule has 1 aromatic carbocycles. The largest absolute Gasteiger partial charge is 0.509 e. The van der Waals surface area contributed by atoms with Crippen molar-refractivity contribution in [3.63, 3.8) is 0 Å². The molecule has 1 N–H and O–H groups in total. The molecule has 0 bridgehead atoms. The fraction of sp³-hybridized carbons (Fsp3) is 0.591. The Morgan fingerprint density at radius 3 is 2.24 bits per heavy atom. The Morgan fingerprint density at radius 1 is 1.10 bits per heavy atom. The van der Waals surface area contributed by atoms with Gasteiger partial charge in [0.2, 0.25) is 0 Å². The van der Waals surface area contributed by atoms with E-state index in [1.165, 1.54) is 12.2 Å². The Hall–Kier alpha value is -1.93. The highest BCUT2D eigenvalue weighted by molar-refractivity contribution is 6.23. The van der Waals surface area contributed by atoms with E-state index in [0.717, 1.165) is 16.7 Å². The summed E-state index contributed by atoms with van der Waals surface area (Å²) in [5, 5.41) is 12.8. The molecular weight excluding hydrogens is 374 g/mol. The van der Waals surface area contributed by atoms with Crippen LogP contribution in [0, 0.1) is 13.8 Å². The number of hydrogen-bond donors (Lipinski definition) is 1. The molecule has 158 valence electrons. The lowest BCUT2D eigenvalue weighted by atomic mass is 9.77. The van der Waals surface area contributed by atoms with Crippen LogP contribution >= 0.6 is 0 Å². The number of aliphatic hydroxyl groups is 1. The number of rotatable bonds is 4. The second-order valence-electron chi connectivity index (χ2n) is 8.14. The fourth-order valence-corrected chi connectivity index (χ4v) is 4.77. The number of hydroxylamine groups is 2. The van der Waals surface area contributed by atoms with Gasteiger partial charge in [-0.05, 0) is 50.3 Å². The van der Waals surface area contributed by atoms with Crippen LogP contribution < -0.4 is 0 Å². The van der Waals surface area contributed by atoms with Crippen molar-refractivity contribution < 1.29 is 28.9 Å². The van der Waals surface area contributed by atoms with Crippen LogP contribution in [0.5, 0.6) is 0 Å². The van der Waals surface area contributed by atoms with E-state index in [9.17, 15) is 9.90 Å². The molecule has 0 aromatic heterocycles. The van der Waals surface area contributed by atoms with Gasteiger partial charge in [-0.1, -0.05) is 18.2 Å². The van der Waals surface area contributed by atoms with Crippen molar-refractivity contribution in [2.75, 3.05) is 20.3 Å². The maximum absolute atomic E-state index is 13.5. The number of benzene rings is 1. The first-order valence-corrected chi connectivity index (χ1v) is 10.2. The van der Waals surface area contributed by atoms with Gasteiger partial charge in [0, 0.05) is 20.0 Å². The maximum atomic E-state index is 13.5. The van der Waals surface area contributed by atoms with Crippen molar-refractivity contribution in [1.82, 2.24) is 5.06 Å². The summed E-state index contributed by atoms with van der Waals surface area (Å²) in [6, 6.07) is 5.83. The third-order valence-corrected chi connectivity index (χ3v) is 6.43. The van der Waals surface area contributed by atoms with E-state index in [1.54, 1.807) is 6.92 Å². The summed E-state index contributed by atoms with van der Waals surface area (Å²) in [7, 11) is 1.52. The summed E-state index contributed by atoms with van der Waals surface area (Å²) in [5.41, 5.74) is 2.00. The van der Waals surface area contributed by atoms with Crippen LogP contribution in [0.1, 0.15) is 49.3 Å². The maximum Gasteiger partial charge on any atom is 0.282 e. The highest BCUT2D eigenvalue weighted by Crippen LogP contribution is 2.52. The highest BCUT2D eigenvalue weighted by Gasteiger charge is 2.59. The molecule has 0 radical (unpaired) electrons. The standard InChI is InChI=1S/C22H29NO6/c1-14-6-5-7-15(2)17(14)18-19(24)21(23(20(18)25)29-16(3)26-4)8-10-22(11-9-21)27-12-13-28-22/h5-7,16,24H,8-13H2,1-4H3. The van der Waals surface area contributed by atoms with Crippen LogP contribution in [0.25, 0.3) is 5.57 Å². The molecule has 4 rings (SSSR count). The van der Waals surface area contributed by atoms with Crippen LogP contribution in [0.15, 0.2) is 24.0 Å². The van der Waals surface area contributed by atoms with Gasteiger partial charge in [0.1, 0.15) is 11.3 Å². The molecule has 3 aliphatic rings. The lowest BCUT2D eigenvalue weighted by Crippen LogP contribution is -2.54. The summed E-state index contributed by atoms with van der Waals surface area (Å²) >= 11 is 0. The Kier molecular flexibility index (Phi) is 5.19. The molecule has 2 aliphatic heterocycles. The van der Waals surface area contributed by atoms with Crippen LogP contribution in [-0.4, -0.2) is 54.0 Å². The molecule has 29 heavy (non-hydrogen) atoms. The zero-order chi connectivity index (χ0) is 20.8. The van der Waals surface area contributed by atoms with Gasteiger partial charge in [-0.3, -0.25) is 4.79 Å². The number of nitrogens with zero attached hydrogens (tertiary/aromatic N) is 1. The van der Waals surface area contributed by atoms with Crippen molar-refractivity contribution in [3.8, 4) is 0 Å². The Morgan fingerprint density at radius 2 is 1.69 bits per heavy atom. The van der Waals surface area contributed by atoms with E-state index in [4.69, 9.17) is 19.0 Å². The first-order chi connectivity index (χ1) is 13.8. The predicted molar refractivity (Wildman–Crippen MR) is 106 cm³/mol. The van der Waals surface area contributed by atoms with Gasteiger partial charge < -0.3 is 19.3 Å². The van der Waals surface area contributed by atoms with Crippen molar-refractivity contribution in [2.45, 2.75) is 64.1 Å². The monoisotopic (exact) mass is 403 g/mol. The van der Waals surface area contributed by atoms with Crippen LogP contribution in [-0.2, 0) is 23.8 Å². The van der Waals surface area contributed by atoms with Crippen molar-refractivity contribution in [1.29, 1.82) is 0 Å².